The second-order valence-corrected chi connectivity index (χ2v) is 3.19. The summed E-state index contributed by atoms with van der Waals surface area (Å²) in [6.45, 7) is 4.36. The summed E-state index contributed by atoms with van der Waals surface area (Å²) in [6, 6.07) is 1.58. The van der Waals surface area contributed by atoms with Gasteiger partial charge in [0.25, 0.3) is 0 Å². The minimum absolute atomic E-state index is 0.0558. The van der Waals surface area contributed by atoms with E-state index in [4.69, 9.17) is 5.26 Å². The second kappa shape index (κ2) is 6.08. The molecule has 0 aromatic carbocycles. The number of ether oxygens (including phenoxy) is 2. The van der Waals surface area contributed by atoms with Crippen molar-refractivity contribution in [3.8, 4) is 6.07 Å². The molecule has 90 valence electrons. The molecule has 2 atom stereocenters. The molecule has 0 fully saturated rings. The average Bonchev–Trinajstić information content (AvgIpc) is 2.27. The van der Waals surface area contributed by atoms with Crippen molar-refractivity contribution in [2.75, 3.05) is 13.2 Å². The Balaban J connectivity index is 4.89. The van der Waals surface area contributed by atoms with Crippen molar-refractivity contribution in [3.05, 3.63) is 0 Å². The lowest BCUT2D eigenvalue weighted by atomic mass is 9.86. The first-order chi connectivity index (χ1) is 7.43. The number of carbonyl (C=O) groups is 2. The Hall–Kier alpha value is -1.61. The number of carbonyl (C=O) groups excluding carboxylic acids is 2. The number of nitriles is 1. The van der Waals surface area contributed by atoms with Gasteiger partial charge in [-0.2, -0.15) is 5.26 Å². The van der Waals surface area contributed by atoms with Gasteiger partial charge < -0.3 is 14.6 Å². The van der Waals surface area contributed by atoms with Crippen molar-refractivity contribution in [2.45, 2.75) is 26.9 Å². The standard InChI is InChI=1S/C10H15NO5/c1-4-15-8(13)7(12)10(3,6-11)9(14)16-5-2/h7,12H,4-5H2,1-3H3/t7-,10+/m1/s1. The fourth-order valence-corrected chi connectivity index (χ4v) is 0.956. The predicted octanol–water partition coefficient (Wildman–Crippen LogP) is 0.00338. The molecule has 0 aromatic heterocycles. The van der Waals surface area contributed by atoms with E-state index < -0.39 is 23.5 Å². The molecule has 0 saturated carbocycles. The highest BCUT2D eigenvalue weighted by atomic mass is 16.6. The van der Waals surface area contributed by atoms with Crippen LogP contribution in [0.5, 0.6) is 0 Å². The average molecular weight is 229 g/mol. The van der Waals surface area contributed by atoms with E-state index in [2.05, 4.69) is 9.47 Å². The minimum Gasteiger partial charge on any atom is -0.465 e. The van der Waals surface area contributed by atoms with Gasteiger partial charge in [0.1, 0.15) is 0 Å². The van der Waals surface area contributed by atoms with Crippen LogP contribution < -0.4 is 0 Å². The third-order valence-electron chi connectivity index (χ3n) is 1.99. The molecule has 6 nitrogen and oxygen atoms in total. The topological polar surface area (TPSA) is 96.6 Å². The number of rotatable bonds is 5. The SMILES string of the molecule is CCOC(=O)[C@@H](O)[C@](C)(C#N)C(=O)OCC. The fraction of sp³-hybridized carbons (Fsp3) is 0.700. The number of aliphatic hydroxyl groups is 1. The van der Waals surface area contributed by atoms with Gasteiger partial charge in [-0.25, -0.2) is 4.79 Å². The van der Waals surface area contributed by atoms with Crippen LogP contribution in [0, 0.1) is 16.7 Å². The van der Waals surface area contributed by atoms with Gasteiger partial charge in [0.2, 0.25) is 0 Å². The Morgan fingerprint density at radius 1 is 1.38 bits per heavy atom. The summed E-state index contributed by atoms with van der Waals surface area (Å²) >= 11 is 0. The van der Waals surface area contributed by atoms with Gasteiger partial charge in [-0.1, -0.05) is 0 Å². The molecule has 0 aliphatic rings. The van der Waals surface area contributed by atoms with Gasteiger partial charge in [-0.05, 0) is 20.8 Å². The molecule has 0 aromatic rings. The highest BCUT2D eigenvalue weighted by Gasteiger charge is 2.47. The summed E-state index contributed by atoms with van der Waals surface area (Å²) in [5.74, 6) is -1.96. The molecule has 16 heavy (non-hydrogen) atoms. The molecule has 0 spiro atoms. The molecule has 0 aliphatic carbocycles. The zero-order chi connectivity index (χ0) is 12.8. The Morgan fingerprint density at radius 3 is 2.25 bits per heavy atom. The normalized spacial score (nSPS) is 15.4. The zero-order valence-corrected chi connectivity index (χ0v) is 9.52. The molecule has 0 rings (SSSR count). The van der Waals surface area contributed by atoms with Gasteiger partial charge in [0.15, 0.2) is 11.5 Å². The first-order valence-electron chi connectivity index (χ1n) is 4.87. The summed E-state index contributed by atoms with van der Waals surface area (Å²) in [7, 11) is 0. The van der Waals surface area contributed by atoms with Crippen molar-refractivity contribution in [1.29, 1.82) is 5.26 Å². The zero-order valence-electron chi connectivity index (χ0n) is 9.52. The number of hydrogen-bond acceptors (Lipinski definition) is 6. The van der Waals surface area contributed by atoms with E-state index in [9.17, 15) is 14.7 Å². The number of nitrogens with zero attached hydrogens (tertiary/aromatic N) is 1. The van der Waals surface area contributed by atoms with Crippen LogP contribution in [-0.4, -0.2) is 36.4 Å². The van der Waals surface area contributed by atoms with Crippen LogP contribution in [0.15, 0.2) is 0 Å². The summed E-state index contributed by atoms with van der Waals surface area (Å²) < 4.78 is 9.15. The van der Waals surface area contributed by atoms with E-state index in [1.807, 2.05) is 0 Å². The maximum Gasteiger partial charge on any atom is 0.337 e. The van der Waals surface area contributed by atoms with Crippen LogP contribution in [0.2, 0.25) is 0 Å². The van der Waals surface area contributed by atoms with Gasteiger partial charge in [0.05, 0.1) is 19.3 Å². The van der Waals surface area contributed by atoms with E-state index in [0.29, 0.717) is 0 Å². The Kier molecular flexibility index (Phi) is 5.47. The summed E-state index contributed by atoms with van der Waals surface area (Å²) in [6.07, 6.45) is -1.85. The van der Waals surface area contributed by atoms with E-state index in [0.717, 1.165) is 6.92 Å². The lowest BCUT2D eigenvalue weighted by Gasteiger charge is -2.23. The van der Waals surface area contributed by atoms with E-state index in [1.54, 1.807) is 19.9 Å². The molecule has 0 heterocycles. The highest BCUT2D eigenvalue weighted by molar-refractivity contribution is 5.88. The minimum atomic E-state index is -1.94. The number of esters is 2. The molecular formula is C10H15NO5. The van der Waals surface area contributed by atoms with Gasteiger partial charge in [0, 0.05) is 0 Å². The lowest BCUT2D eigenvalue weighted by molar-refractivity contribution is -0.170. The van der Waals surface area contributed by atoms with Gasteiger partial charge in [-0.15, -0.1) is 0 Å². The molecule has 1 N–H and O–H groups in total. The Morgan fingerprint density at radius 2 is 1.88 bits per heavy atom. The van der Waals surface area contributed by atoms with Crippen LogP contribution >= 0.6 is 0 Å². The first kappa shape index (κ1) is 14.4. The molecule has 0 radical (unpaired) electrons. The van der Waals surface area contributed by atoms with Crippen molar-refractivity contribution >= 4 is 11.9 Å². The molecule has 0 bridgehead atoms. The largest absolute Gasteiger partial charge is 0.465 e. The Labute approximate surface area is 93.8 Å². The quantitative estimate of drug-likeness (QED) is 0.667. The maximum absolute atomic E-state index is 11.4. The van der Waals surface area contributed by atoms with Crippen LogP contribution in [0.1, 0.15) is 20.8 Å². The van der Waals surface area contributed by atoms with E-state index in [-0.39, 0.29) is 13.2 Å². The van der Waals surface area contributed by atoms with Crippen molar-refractivity contribution in [3.63, 3.8) is 0 Å². The van der Waals surface area contributed by atoms with E-state index in [1.165, 1.54) is 0 Å². The molecule has 0 amide bonds. The third-order valence-corrected chi connectivity index (χ3v) is 1.99. The van der Waals surface area contributed by atoms with Crippen LogP contribution in [-0.2, 0) is 19.1 Å². The van der Waals surface area contributed by atoms with E-state index >= 15 is 0 Å². The smallest absolute Gasteiger partial charge is 0.337 e. The highest BCUT2D eigenvalue weighted by Crippen LogP contribution is 2.23. The monoisotopic (exact) mass is 229 g/mol. The molecule has 0 aliphatic heterocycles. The van der Waals surface area contributed by atoms with Crippen molar-refractivity contribution < 1.29 is 24.2 Å². The second-order valence-electron chi connectivity index (χ2n) is 3.19. The van der Waals surface area contributed by atoms with Crippen LogP contribution in [0.3, 0.4) is 0 Å². The van der Waals surface area contributed by atoms with Crippen molar-refractivity contribution in [2.24, 2.45) is 5.41 Å². The predicted molar refractivity (Wildman–Crippen MR) is 53.0 cm³/mol. The maximum atomic E-state index is 11.4. The molecule has 0 saturated heterocycles. The third kappa shape index (κ3) is 2.94. The summed E-state index contributed by atoms with van der Waals surface area (Å²) in [5, 5.41) is 18.4. The van der Waals surface area contributed by atoms with Gasteiger partial charge in [-0.3, -0.25) is 4.79 Å². The Bertz CT molecular complexity index is 309. The summed E-state index contributed by atoms with van der Waals surface area (Å²) in [4.78, 5) is 22.7. The lowest BCUT2D eigenvalue weighted by Crippen LogP contribution is -2.45. The first-order valence-corrected chi connectivity index (χ1v) is 4.87. The molecule has 6 heteroatoms. The molecular weight excluding hydrogens is 214 g/mol. The van der Waals surface area contributed by atoms with Gasteiger partial charge >= 0.3 is 11.9 Å². The number of hydrogen-bond donors (Lipinski definition) is 1. The fourth-order valence-electron chi connectivity index (χ4n) is 0.956. The van der Waals surface area contributed by atoms with Crippen molar-refractivity contribution in [1.82, 2.24) is 0 Å². The van der Waals surface area contributed by atoms with Crippen LogP contribution in [0.25, 0.3) is 0 Å². The number of aliphatic hydroxyl groups excluding tert-OH is 1. The summed E-state index contributed by atoms with van der Waals surface area (Å²) in [5.41, 5.74) is -1.94. The molecule has 0 unspecified atom stereocenters. The van der Waals surface area contributed by atoms with Crippen LogP contribution in [0.4, 0.5) is 0 Å².